The van der Waals surface area contributed by atoms with Gasteiger partial charge in [0.05, 0.1) is 6.42 Å². The van der Waals surface area contributed by atoms with Gasteiger partial charge in [0.15, 0.2) is 0 Å². The van der Waals surface area contributed by atoms with E-state index in [0.29, 0.717) is 24.4 Å². The summed E-state index contributed by atoms with van der Waals surface area (Å²) in [6, 6.07) is 7.19. The topological polar surface area (TPSA) is 66.4 Å². The van der Waals surface area contributed by atoms with Crippen molar-refractivity contribution in [1.82, 2.24) is 5.32 Å². The van der Waals surface area contributed by atoms with E-state index < -0.39 is 5.97 Å². The molecule has 1 aromatic carbocycles. The Morgan fingerprint density at radius 1 is 1.19 bits per heavy atom. The summed E-state index contributed by atoms with van der Waals surface area (Å²) in [6.07, 6.45) is 1.85. The van der Waals surface area contributed by atoms with Gasteiger partial charge in [0, 0.05) is 18.0 Å². The molecule has 0 unspecified atom stereocenters. The predicted octanol–water partition coefficient (Wildman–Crippen LogP) is 3.28. The molecule has 0 heterocycles. The number of benzene rings is 1. The van der Waals surface area contributed by atoms with Crippen molar-refractivity contribution in [2.75, 3.05) is 6.54 Å². The number of rotatable bonds is 8. The highest BCUT2D eigenvalue weighted by atomic mass is 35.5. The maximum absolute atomic E-state index is 11.8. The molecule has 0 radical (unpaired) electrons. The van der Waals surface area contributed by atoms with Crippen LogP contribution in [0.3, 0.4) is 0 Å². The van der Waals surface area contributed by atoms with E-state index >= 15 is 0 Å². The fraction of sp³-hybridized carbons (Fsp3) is 0.500. The second kappa shape index (κ2) is 8.03. The van der Waals surface area contributed by atoms with E-state index in [9.17, 15) is 9.59 Å². The molecule has 0 atom stereocenters. The van der Waals surface area contributed by atoms with Crippen LogP contribution in [-0.4, -0.2) is 23.5 Å². The van der Waals surface area contributed by atoms with Crippen LogP contribution in [0.2, 0.25) is 5.02 Å². The summed E-state index contributed by atoms with van der Waals surface area (Å²) in [5, 5.41) is 12.2. The van der Waals surface area contributed by atoms with Gasteiger partial charge in [0.1, 0.15) is 0 Å². The molecule has 0 aliphatic heterocycles. The van der Waals surface area contributed by atoms with Crippen LogP contribution in [0.5, 0.6) is 0 Å². The van der Waals surface area contributed by atoms with Crippen molar-refractivity contribution in [2.45, 2.75) is 39.5 Å². The summed E-state index contributed by atoms with van der Waals surface area (Å²) in [5.74, 6) is -0.818. The van der Waals surface area contributed by atoms with Crippen LogP contribution in [0.15, 0.2) is 24.3 Å². The summed E-state index contributed by atoms with van der Waals surface area (Å²) in [7, 11) is 0. The molecule has 1 rings (SSSR count). The van der Waals surface area contributed by atoms with Crippen molar-refractivity contribution >= 4 is 23.5 Å². The Bertz CT molecular complexity index is 483. The summed E-state index contributed by atoms with van der Waals surface area (Å²) in [6.45, 7) is 4.58. The third kappa shape index (κ3) is 7.71. The molecule has 1 aromatic rings. The van der Waals surface area contributed by atoms with E-state index in [1.165, 1.54) is 0 Å². The first kappa shape index (κ1) is 17.5. The number of halogens is 1. The second-order valence-corrected chi connectivity index (χ2v) is 6.40. The largest absolute Gasteiger partial charge is 0.481 e. The van der Waals surface area contributed by atoms with E-state index in [0.717, 1.165) is 12.0 Å². The van der Waals surface area contributed by atoms with Crippen LogP contribution < -0.4 is 5.32 Å². The standard InChI is InChI=1S/C16H22ClNO3/c1-16(2,8-7-15(20)21)9-10-18-14(19)11-12-3-5-13(17)6-4-12/h3-6H,7-11H2,1-2H3,(H,18,19)(H,20,21). The van der Waals surface area contributed by atoms with Gasteiger partial charge >= 0.3 is 5.97 Å². The molecule has 2 N–H and O–H groups in total. The minimum atomic E-state index is -0.783. The molecule has 0 saturated carbocycles. The zero-order chi connectivity index (χ0) is 15.9. The van der Waals surface area contributed by atoms with Crippen LogP contribution in [-0.2, 0) is 16.0 Å². The number of carbonyl (C=O) groups is 2. The molecule has 0 aliphatic carbocycles. The molecule has 0 spiro atoms. The summed E-state index contributed by atoms with van der Waals surface area (Å²) < 4.78 is 0. The smallest absolute Gasteiger partial charge is 0.303 e. The lowest BCUT2D eigenvalue weighted by Crippen LogP contribution is -2.29. The number of carboxylic acids is 1. The van der Waals surface area contributed by atoms with Crippen LogP contribution in [0, 0.1) is 5.41 Å². The number of carboxylic acid groups (broad SMARTS) is 1. The van der Waals surface area contributed by atoms with Crippen LogP contribution in [0.4, 0.5) is 0 Å². The molecule has 116 valence electrons. The maximum Gasteiger partial charge on any atom is 0.303 e. The minimum Gasteiger partial charge on any atom is -0.481 e. The van der Waals surface area contributed by atoms with Crippen molar-refractivity contribution in [1.29, 1.82) is 0 Å². The average molecular weight is 312 g/mol. The Morgan fingerprint density at radius 2 is 1.81 bits per heavy atom. The third-order valence-corrected chi connectivity index (χ3v) is 3.67. The van der Waals surface area contributed by atoms with Gasteiger partial charge < -0.3 is 10.4 Å². The Morgan fingerprint density at radius 3 is 2.38 bits per heavy atom. The monoisotopic (exact) mass is 311 g/mol. The molecule has 5 heteroatoms. The quantitative estimate of drug-likeness (QED) is 0.774. The van der Waals surface area contributed by atoms with Crippen LogP contribution in [0.1, 0.15) is 38.7 Å². The molecule has 4 nitrogen and oxygen atoms in total. The van der Waals surface area contributed by atoms with E-state index in [1.54, 1.807) is 12.1 Å². The van der Waals surface area contributed by atoms with E-state index in [-0.39, 0.29) is 17.7 Å². The zero-order valence-electron chi connectivity index (χ0n) is 12.5. The number of aliphatic carboxylic acids is 1. The van der Waals surface area contributed by atoms with Gasteiger partial charge in [0.2, 0.25) is 5.91 Å². The Labute approximate surface area is 130 Å². The van der Waals surface area contributed by atoms with Gasteiger partial charge in [-0.25, -0.2) is 0 Å². The molecular formula is C16H22ClNO3. The lowest BCUT2D eigenvalue weighted by molar-refractivity contribution is -0.137. The Balaban J connectivity index is 2.29. The van der Waals surface area contributed by atoms with Gasteiger partial charge in [-0.05, 0) is 36.0 Å². The maximum atomic E-state index is 11.8. The van der Waals surface area contributed by atoms with Gasteiger partial charge in [0.25, 0.3) is 0 Å². The van der Waals surface area contributed by atoms with Crippen LogP contribution in [0.25, 0.3) is 0 Å². The molecule has 0 aliphatic rings. The SMILES string of the molecule is CC(C)(CCNC(=O)Cc1ccc(Cl)cc1)CCC(=O)O. The van der Waals surface area contributed by atoms with Crippen molar-refractivity contribution in [3.05, 3.63) is 34.9 Å². The molecular weight excluding hydrogens is 290 g/mol. The Hall–Kier alpha value is -1.55. The molecule has 21 heavy (non-hydrogen) atoms. The van der Waals surface area contributed by atoms with E-state index in [1.807, 2.05) is 26.0 Å². The number of nitrogens with one attached hydrogen (secondary N) is 1. The minimum absolute atomic E-state index is 0.0358. The van der Waals surface area contributed by atoms with Crippen molar-refractivity contribution in [3.8, 4) is 0 Å². The number of amides is 1. The fourth-order valence-electron chi connectivity index (χ4n) is 1.96. The van der Waals surface area contributed by atoms with E-state index in [2.05, 4.69) is 5.32 Å². The first-order valence-corrected chi connectivity index (χ1v) is 7.39. The van der Waals surface area contributed by atoms with Crippen molar-refractivity contribution in [2.24, 2.45) is 5.41 Å². The van der Waals surface area contributed by atoms with Gasteiger partial charge in [-0.1, -0.05) is 37.6 Å². The average Bonchev–Trinajstić information content (AvgIpc) is 2.39. The first-order chi connectivity index (χ1) is 9.78. The molecule has 0 bridgehead atoms. The highest BCUT2D eigenvalue weighted by Crippen LogP contribution is 2.25. The normalized spacial score (nSPS) is 11.2. The second-order valence-electron chi connectivity index (χ2n) is 5.96. The van der Waals surface area contributed by atoms with Crippen LogP contribution >= 0.6 is 11.6 Å². The summed E-state index contributed by atoms with van der Waals surface area (Å²) >= 11 is 5.79. The molecule has 0 saturated heterocycles. The number of hydrogen-bond acceptors (Lipinski definition) is 2. The summed E-state index contributed by atoms with van der Waals surface area (Å²) in [5.41, 5.74) is 0.827. The summed E-state index contributed by atoms with van der Waals surface area (Å²) in [4.78, 5) is 22.4. The van der Waals surface area contributed by atoms with E-state index in [4.69, 9.17) is 16.7 Å². The Kier molecular flexibility index (Phi) is 6.69. The number of carbonyl (C=O) groups excluding carboxylic acids is 1. The van der Waals surface area contributed by atoms with Gasteiger partial charge in [-0.2, -0.15) is 0 Å². The zero-order valence-corrected chi connectivity index (χ0v) is 13.2. The third-order valence-electron chi connectivity index (χ3n) is 3.42. The fourth-order valence-corrected chi connectivity index (χ4v) is 2.09. The number of hydrogen-bond donors (Lipinski definition) is 2. The van der Waals surface area contributed by atoms with Gasteiger partial charge in [-0.3, -0.25) is 9.59 Å². The first-order valence-electron chi connectivity index (χ1n) is 7.01. The lowest BCUT2D eigenvalue weighted by atomic mass is 9.84. The molecule has 0 fully saturated rings. The highest BCUT2D eigenvalue weighted by Gasteiger charge is 2.19. The van der Waals surface area contributed by atoms with Crippen molar-refractivity contribution < 1.29 is 14.7 Å². The lowest BCUT2D eigenvalue weighted by Gasteiger charge is -2.23. The highest BCUT2D eigenvalue weighted by molar-refractivity contribution is 6.30. The predicted molar refractivity (Wildman–Crippen MR) is 83.4 cm³/mol. The molecule has 0 aromatic heterocycles. The van der Waals surface area contributed by atoms with Gasteiger partial charge in [-0.15, -0.1) is 0 Å². The van der Waals surface area contributed by atoms with Crippen molar-refractivity contribution in [3.63, 3.8) is 0 Å². The molecule has 1 amide bonds.